The first-order valence-corrected chi connectivity index (χ1v) is 13.4. The summed E-state index contributed by atoms with van der Waals surface area (Å²) in [5.41, 5.74) is 7.06. The number of hydrogen-bond acceptors (Lipinski definition) is 10. The first kappa shape index (κ1) is 25.0. The first-order chi connectivity index (χ1) is 17.0. The van der Waals surface area contributed by atoms with Crippen LogP contribution in [0.1, 0.15) is 38.3 Å². The second-order valence-electron chi connectivity index (χ2n) is 9.63. The maximum Gasteiger partial charge on any atom is 0.152 e. The number of aliphatic hydroxyl groups is 1. The van der Waals surface area contributed by atoms with E-state index in [4.69, 9.17) is 36.8 Å². The lowest BCUT2D eigenvalue weighted by atomic mass is 9.73. The molecule has 9 nitrogen and oxygen atoms in total. The quantitative estimate of drug-likeness (QED) is 0.524. The van der Waals surface area contributed by atoms with E-state index in [-0.39, 0.29) is 24.2 Å². The van der Waals surface area contributed by atoms with Gasteiger partial charge in [-0.25, -0.2) is 15.0 Å². The Morgan fingerprint density at radius 1 is 1.29 bits per heavy atom. The second-order valence-corrected chi connectivity index (χ2v) is 11.1. The zero-order chi connectivity index (χ0) is 24.4. The molecule has 5 heterocycles. The minimum atomic E-state index is -0.182. The molecule has 4 N–H and O–H groups in total. The van der Waals surface area contributed by atoms with Crippen molar-refractivity contribution in [3.63, 3.8) is 0 Å². The molecule has 0 amide bonds. The number of nitrogens with one attached hydrogen (secondary N) is 1. The summed E-state index contributed by atoms with van der Waals surface area (Å²) in [6.45, 7) is 5.70. The van der Waals surface area contributed by atoms with E-state index in [2.05, 4.69) is 22.1 Å². The molecular formula is C24H33ClN6O3S. The van der Waals surface area contributed by atoms with Gasteiger partial charge in [0.05, 0.1) is 30.5 Å². The molecule has 3 fully saturated rings. The lowest BCUT2D eigenvalue weighted by molar-refractivity contribution is 0.0904. The van der Waals surface area contributed by atoms with Gasteiger partial charge in [-0.2, -0.15) is 0 Å². The van der Waals surface area contributed by atoms with Gasteiger partial charge in [-0.05, 0) is 38.7 Å². The lowest BCUT2D eigenvalue weighted by Gasteiger charge is -2.41. The molecule has 2 atom stereocenters. The van der Waals surface area contributed by atoms with Crippen LogP contribution in [-0.2, 0) is 16.1 Å². The third kappa shape index (κ3) is 5.23. The van der Waals surface area contributed by atoms with Crippen molar-refractivity contribution in [1.82, 2.24) is 15.0 Å². The number of aromatic nitrogens is 3. The van der Waals surface area contributed by atoms with Gasteiger partial charge in [-0.3, -0.25) is 0 Å². The van der Waals surface area contributed by atoms with Crippen molar-refractivity contribution in [3.05, 3.63) is 29.2 Å². The Balaban J connectivity index is 1.27. The Kier molecular flexibility index (Phi) is 7.66. The van der Waals surface area contributed by atoms with Gasteiger partial charge in [0.2, 0.25) is 0 Å². The molecule has 0 aromatic carbocycles. The average molecular weight is 521 g/mol. The van der Waals surface area contributed by atoms with Crippen LogP contribution in [0.15, 0.2) is 28.4 Å². The van der Waals surface area contributed by atoms with E-state index in [9.17, 15) is 5.11 Å². The Labute approximate surface area is 215 Å². The molecular weight excluding hydrogens is 488 g/mol. The van der Waals surface area contributed by atoms with Gasteiger partial charge in [0.1, 0.15) is 16.5 Å². The van der Waals surface area contributed by atoms with Crippen LogP contribution in [0, 0.1) is 5.41 Å². The largest absolute Gasteiger partial charge is 0.390 e. The van der Waals surface area contributed by atoms with E-state index in [0.29, 0.717) is 27.6 Å². The number of piperidine rings is 1. The number of aliphatic hydroxyl groups excluding tert-OH is 1. The van der Waals surface area contributed by atoms with Crippen molar-refractivity contribution in [1.29, 1.82) is 0 Å². The average Bonchev–Trinajstić information content (AvgIpc) is 3.16. The van der Waals surface area contributed by atoms with Gasteiger partial charge in [0.25, 0.3) is 0 Å². The number of nitrogens with two attached hydrogens (primary N) is 1. The molecule has 0 aliphatic carbocycles. The van der Waals surface area contributed by atoms with Crippen molar-refractivity contribution in [3.8, 4) is 0 Å². The first-order valence-electron chi connectivity index (χ1n) is 12.2. The van der Waals surface area contributed by atoms with E-state index in [1.807, 2.05) is 6.07 Å². The zero-order valence-corrected chi connectivity index (χ0v) is 21.5. The molecule has 0 bridgehead atoms. The van der Waals surface area contributed by atoms with Crippen LogP contribution in [0.25, 0.3) is 0 Å². The number of rotatable bonds is 6. The van der Waals surface area contributed by atoms with Gasteiger partial charge >= 0.3 is 0 Å². The Bertz CT molecular complexity index is 1030. The summed E-state index contributed by atoms with van der Waals surface area (Å²) in [4.78, 5) is 16.9. The molecule has 0 unspecified atom stereocenters. The van der Waals surface area contributed by atoms with Crippen LogP contribution in [0.4, 0.5) is 11.6 Å². The summed E-state index contributed by atoms with van der Waals surface area (Å²) in [6.07, 6.45) is 7.33. The number of anilines is 2. The van der Waals surface area contributed by atoms with Crippen molar-refractivity contribution in [2.45, 2.75) is 67.3 Å². The Hall–Kier alpha value is -1.69. The fourth-order valence-corrected chi connectivity index (χ4v) is 6.30. The van der Waals surface area contributed by atoms with Gasteiger partial charge in [0.15, 0.2) is 5.82 Å². The van der Waals surface area contributed by atoms with Crippen LogP contribution in [0.3, 0.4) is 0 Å². The molecule has 35 heavy (non-hydrogen) atoms. The summed E-state index contributed by atoms with van der Waals surface area (Å²) < 4.78 is 11.3. The minimum absolute atomic E-state index is 0.0347. The molecule has 2 aromatic rings. The Morgan fingerprint density at radius 2 is 2.06 bits per heavy atom. The standard InChI is InChI=1S/C24H33ClN6O3S/c1-15-21(26)24(14-34-15)5-8-31(9-6-24)23-17(13-32)30-19(12-28-23)35-18-2-7-27-22(20(18)25)29-16-3-10-33-11-4-16/h2,7,12,15-16,21,32H,3-6,8-11,13-14,26H2,1H3,(H,27,29)/t15-,21+/m0/s1. The highest BCUT2D eigenvalue weighted by atomic mass is 35.5. The molecule has 0 saturated carbocycles. The van der Waals surface area contributed by atoms with Gasteiger partial charge in [0, 0.05) is 54.9 Å². The highest BCUT2D eigenvalue weighted by Gasteiger charge is 2.47. The van der Waals surface area contributed by atoms with Crippen molar-refractivity contribution in [2.24, 2.45) is 11.1 Å². The zero-order valence-electron chi connectivity index (χ0n) is 20.0. The van der Waals surface area contributed by atoms with Gasteiger partial charge in [-0.1, -0.05) is 23.4 Å². The maximum absolute atomic E-state index is 10.1. The van der Waals surface area contributed by atoms with Crippen LogP contribution >= 0.6 is 23.4 Å². The van der Waals surface area contributed by atoms with Crippen molar-refractivity contribution in [2.75, 3.05) is 43.1 Å². The van der Waals surface area contributed by atoms with Crippen LogP contribution in [-0.4, -0.2) is 71.2 Å². The molecule has 0 radical (unpaired) electrons. The number of hydrogen-bond donors (Lipinski definition) is 3. The second kappa shape index (κ2) is 10.7. The van der Waals surface area contributed by atoms with Crippen LogP contribution in [0.5, 0.6) is 0 Å². The van der Waals surface area contributed by atoms with Gasteiger partial charge in [-0.15, -0.1) is 0 Å². The number of nitrogens with zero attached hydrogens (tertiary/aromatic N) is 4. The molecule has 3 saturated heterocycles. The summed E-state index contributed by atoms with van der Waals surface area (Å²) in [7, 11) is 0. The molecule has 5 rings (SSSR count). The molecule has 11 heteroatoms. The van der Waals surface area contributed by atoms with E-state index in [1.54, 1.807) is 12.4 Å². The molecule has 190 valence electrons. The number of halogens is 1. The predicted octanol–water partition coefficient (Wildman–Crippen LogP) is 3.09. The minimum Gasteiger partial charge on any atom is -0.390 e. The highest BCUT2D eigenvalue weighted by molar-refractivity contribution is 7.99. The SMILES string of the molecule is C[C@@H]1OCC2(CCN(c3ncc(Sc4ccnc(NC5CCOCC5)c4Cl)nc3CO)CC2)[C@@H]1N. The summed E-state index contributed by atoms with van der Waals surface area (Å²) in [6, 6.07) is 2.23. The van der Waals surface area contributed by atoms with E-state index in [1.165, 1.54) is 11.8 Å². The van der Waals surface area contributed by atoms with Crippen molar-refractivity contribution >= 4 is 35.0 Å². The fourth-order valence-electron chi connectivity index (χ4n) is 5.21. The van der Waals surface area contributed by atoms with E-state index < -0.39 is 0 Å². The summed E-state index contributed by atoms with van der Waals surface area (Å²) in [5, 5.41) is 14.7. The summed E-state index contributed by atoms with van der Waals surface area (Å²) in [5.74, 6) is 1.40. The monoisotopic (exact) mass is 520 g/mol. The van der Waals surface area contributed by atoms with E-state index in [0.717, 1.165) is 69.3 Å². The number of pyridine rings is 1. The smallest absolute Gasteiger partial charge is 0.152 e. The lowest BCUT2D eigenvalue weighted by Crippen LogP contribution is -2.51. The van der Waals surface area contributed by atoms with E-state index >= 15 is 0 Å². The third-order valence-corrected chi connectivity index (χ3v) is 8.95. The normalized spacial score (nSPS) is 24.7. The third-order valence-electron chi connectivity index (χ3n) is 7.49. The highest BCUT2D eigenvalue weighted by Crippen LogP contribution is 2.42. The molecule has 1 spiro atoms. The predicted molar refractivity (Wildman–Crippen MR) is 136 cm³/mol. The molecule has 3 aliphatic rings. The maximum atomic E-state index is 10.1. The fraction of sp³-hybridized carbons (Fsp3) is 0.625. The van der Waals surface area contributed by atoms with Crippen molar-refractivity contribution < 1.29 is 14.6 Å². The molecule has 3 aliphatic heterocycles. The summed E-state index contributed by atoms with van der Waals surface area (Å²) >= 11 is 8.10. The number of ether oxygens (including phenoxy) is 2. The van der Waals surface area contributed by atoms with Crippen LogP contribution in [0.2, 0.25) is 5.02 Å². The molecule has 2 aromatic heterocycles. The Morgan fingerprint density at radius 3 is 2.74 bits per heavy atom. The van der Waals surface area contributed by atoms with Crippen LogP contribution < -0.4 is 16.0 Å². The van der Waals surface area contributed by atoms with Gasteiger partial charge < -0.3 is 30.5 Å². The topological polar surface area (TPSA) is 119 Å².